The Hall–Kier alpha value is -0.570. The standard InChI is InChI=1S/C14H28O3/c1-4-9-13(3)12-16-11-8-6-7-10-14(15)17-5-2/h13H,4-12H2,1-3H3. The van der Waals surface area contributed by atoms with Crippen molar-refractivity contribution in [3.05, 3.63) is 0 Å². The van der Waals surface area contributed by atoms with Crippen LogP contribution in [0.5, 0.6) is 0 Å². The highest BCUT2D eigenvalue weighted by Gasteiger charge is 2.02. The Morgan fingerprint density at radius 2 is 1.94 bits per heavy atom. The van der Waals surface area contributed by atoms with Crippen LogP contribution in [0.25, 0.3) is 0 Å². The molecule has 0 aliphatic rings. The van der Waals surface area contributed by atoms with E-state index in [1.165, 1.54) is 12.8 Å². The molecule has 0 aromatic carbocycles. The van der Waals surface area contributed by atoms with Gasteiger partial charge in [0.15, 0.2) is 0 Å². The number of unbranched alkanes of at least 4 members (excludes halogenated alkanes) is 2. The molecule has 0 heterocycles. The van der Waals surface area contributed by atoms with E-state index in [9.17, 15) is 4.79 Å². The molecule has 0 aromatic rings. The van der Waals surface area contributed by atoms with Crippen molar-refractivity contribution in [3.8, 4) is 0 Å². The quantitative estimate of drug-likeness (QED) is 0.412. The fourth-order valence-corrected chi connectivity index (χ4v) is 1.74. The van der Waals surface area contributed by atoms with E-state index in [0.717, 1.165) is 32.5 Å². The Labute approximate surface area is 106 Å². The second kappa shape index (κ2) is 11.9. The van der Waals surface area contributed by atoms with Gasteiger partial charge < -0.3 is 9.47 Å². The Bertz CT molecular complexity index is 180. The highest BCUT2D eigenvalue weighted by atomic mass is 16.5. The molecule has 0 N–H and O–H groups in total. The van der Waals surface area contributed by atoms with Gasteiger partial charge in [0.1, 0.15) is 0 Å². The zero-order chi connectivity index (χ0) is 12.9. The lowest BCUT2D eigenvalue weighted by Gasteiger charge is -2.10. The molecule has 17 heavy (non-hydrogen) atoms. The number of carbonyl (C=O) groups excluding carboxylic acids is 1. The highest BCUT2D eigenvalue weighted by Crippen LogP contribution is 2.06. The van der Waals surface area contributed by atoms with Gasteiger partial charge in [-0.2, -0.15) is 0 Å². The molecule has 0 saturated carbocycles. The van der Waals surface area contributed by atoms with Crippen LogP contribution in [0, 0.1) is 5.92 Å². The Balaban J connectivity index is 3.16. The Morgan fingerprint density at radius 3 is 2.59 bits per heavy atom. The molecule has 0 amide bonds. The maximum Gasteiger partial charge on any atom is 0.305 e. The van der Waals surface area contributed by atoms with Crippen LogP contribution >= 0.6 is 0 Å². The number of rotatable bonds is 11. The minimum atomic E-state index is -0.0787. The van der Waals surface area contributed by atoms with E-state index in [1.54, 1.807) is 0 Å². The van der Waals surface area contributed by atoms with Gasteiger partial charge in [0, 0.05) is 19.6 Å². The van der Waals surface area contributed by atoms with Gasteiger partial charge in [0.05, 0.1) is 6.61 Å². The highest BCUT2D eigenvalue weighted by molar-refractivity contribution is 5.69. The maximum atomic E-state index is 11.0. The molecule has 0 aliphatic heterocycles. The second-order valence-electron chi connectivity index (χ2n) is 4.58. The summed E-state index contributed by atoms with van der Waals surface area (Å²) in [5.41, 5.74) is 0. The number of hydrogen-bond acceptors (Lipinski definition) is 3. The predicted octanol–water partition coefficient (Wildman–Crippen LogP) is 3.56. The first-order valence-electron chi connectivity index (χ1n) is 6.94. The van der Waals surface area contributed by atoms with Crippen LogP contribution in [0.15, 0.2) is 0 Å². The van der Waals surface area contributed by atoms with Crippen molar-refractivity contribution in [1.29, 1.82) is 0 Å². The molecule has 3 heteroatoms. The Morgan fingerprint density at radius 1 is 1.18 bits per heavy atom. The third-order valence-corrected chi connectivity index (χ3v) is 2.66. The third-order valence-electron chi connectivity index (χ3n) is 2.66. The average Bonchev–Trinajstić information content (AvgIpc) is 2.28. The summed E-state index contributed by atoms with van der Waals surface area (Å²) in [4.78, 5) is 11.0. The topological polar surface area (TPSA) is 35.5 Å². The molecule has 1 atom stereocenters. The zero-order valence-corrected chi connectivity index (χ0v) is 11.7. The largest absolute Gasteiger partial charge is 0.466 e. The SMILES string of the molecule is CCCC(C)COCCCCCC(=O)OCC. The predicted molar refractivity (Wildman–Crippen MR) is 70.0 cm³/mol. The summed E-state index contributed by atoms with van der Waals surface area (Å²) >= 11 is 0. The fraction of sp³-hybridized carbons (Fsp3) is 0.929. The lowest BCUT2D eigenvalue weighted by atomic mass is 10.1. The van der Waals surface area contributed by atoms with Crippen LogP contribution in [0.3, 0.4) is 0 Å². The average molecular weight is 244 g/mol. The van der Waals surface area contributed by atoms with Crippen LogP contribution in [0.4, 0.5) is 0 Å². The molecule has 102 valence electrons. The number of hydrogen-bond donors (Lipinski definition) is 0. The molecule has 0 rings (SSSR count). The summed E-state index contributed by atoms with van der Waals surface area (Å²) in [7, 11) is 0. The third kappa shape index (κ3) is 11.7. The first-order chi connectivity index (χ1) is 8.20. The number of esters is 1. The van der Waals surface area contributed by atoms with Gasteiger partial charge >= 0.3 is 5.97 Å². The summed E-state index contributed by atoms with van der Waals surface area (Å²) in [5, 5.41) is 0. The molecule has 1 unspecified atom stereocenters. The van der Waals surface area contributed by atoms with Crippen molar-refractivity contribution >= 4 is 5.97 Å². The number of carbonyl (C=O) groups is 1. The van der Waals surface area contributed by atoms with Gasteiger partial charge in [-0.1, -0.05) is 26.7 Å². The van der Waals surface area contributed by atoms with Gasteiger partial charge in [-0.15, -0.1) is 0 Å². The van der Waals surface area contributed by atoms with Crippen molar-refractivity contribution in [1.82, 2.24) is 0 Å². The van der Waals surface area contributed by atoms with E-state index in [2.05, 4.69) is 13.8 Å². The molecular formula is C14H28O3. The molecule has 0 aliphatic carbocycles. The van der Waals surface area contributed by atoms with E-state index in [0.29, 0.717) is 18.9 Å². The van der Waals surface area contributed by atoms with E-state index in [4.69, 9.17) is 9.47 Å². The zero-order valence-electron chi connectivity index (χ0n) is 11.7. The van der Waals surface area contributed by atoms with Gasteiger partial charge in [-0.05, 0) is 32.1 Å². The normalized spacial score (nSPS) is 12.4. The summed E-state index contributed by atoms with van der Waals surface area (Å²) in [5.74, 6) is 0.588. The van der Waals surface area contributed by atoms with Crippen molar-refractivity contribution in [2.24, 2.45) is 5.92 Å². The second-order valence-corrected chi connectivity index (χ2v) is 4.58. The molecular weight excluding hydrogens is 216 g/mol. The van der Waals surface area contributed by atoms with Gasteiger partial charge in [-0.3, -0.25) is 4.79 Å². The monoisotopic (exact) mass is 244 g/mol. The maximum absolute atomic E-state index is 11.0. The van der Waals surface area contributed by atoms with E-state index < -0.39 is 0 Å². The molecule has 0 saturated heterocycles. The van der Waals surface area contributed by atoms with Crippen LogP contribution < -0.4 is 0 Å². The first-order valence-corrected chi connectivity index (χ1v) is 6.94. The van der Waals surface area contributed by atoms with Crippen LogP contribution in [0.2, 0.25) is 0 Å². The van der Waals surface area contributed by atoms with Crippen LogP contribution in [-0.2, 0) is 14.3 Å². The molecule has 0 radical (unpaired) electrons. The first kappa shape index (κ1) is 16.4. The van der Waals surface area contributed by atoms with Gasteiger partial charge in [0.25, 0.3) is 0 Å². The van der Waals surface area contributed by atoms with Crippen molar-refractivity contribution < 1.29 is 14.3 Å². The minimum Gasteiger partial charge on any atom is -0.466 e. The smallest absolute Gasteiger partial charge is 0.305 e. The van der Waals surface area contributed by atoms with Crippen molar-refractivity contribution in [3.63, 3.8) is 0 Å². The minimum absolute atomic E-state index is 0.0787. The van der Waals surface area contributed by atoms with Crippen molar-refractivity contribution in [2.45, 2.75) is 59.3 Å². The summed E-state index contributed by atoms with van der Waals surface area (Å²) in [6, 6.07) is 0. The summed E-state index contributed by atoms with van der Waals surface area (Å²) < 4.78 is 10.4. The Kier molecular flexibility index (Phi) is 11.5. The molecule has 3 nitrogen and oxygen atoms in total. The van der Waals surface area contributed by atoms with E-state index in [-0.39, 0.29) is 5.97 Å². The number of ether oxygens (including phenoxy) is 2. The van der Waals surface area contributed by atoms with Crippen molar-refractivity contribution in [2.75, 3.05) is 19.8 Å². The summed E-state index contributed by atoms with van der Waals surface area (Å²) in [6.07, 6.45) is 6.00. The summed E-state index contributed by atoms with van der Waals surface area (Å²) in [6.45, 7) is 8.43. The molecule has 0 fully saturated rings. The van der Waals surface area contributed by atoms with Crippen LogP contribution in [0.1, 0.15) is 59.3 Å². The van der Waals surface area contributed by atoms with Gasteiger partial charge in [-0.25, -0.2) is 0 Å². The van der Waals surface area contributed by atoms with Gasteiger partial charge in [0.2, 0.25) is 0 Å². The lowest BCUT2D eigenvalue weighted by molar-refractivity contribution is -0.143. The fourth-order valence-electron chi connectivity index (χ4n) is 1.74. The lowest BCUT2D eigenvalue weighted by Crippen LogP contribution is -2.07. The molecule has 0 aromatic heterocycles. The van der Waals surface area contributed by atoms with E-state index in [1.807, 2.05) is 6.92 Å². The molecule has 0 spiro atoms. The van der Waals surface area contributed by atoms with E-state index >= 15 is 0 Å². The molecule has 0 bridgehead atoms. The van der Waals surface area contributed by atoms with Crippen LogP contribution in [-0.4, -0.2) is 25.8 Å².